The van der Waals surface area contributed by atoms with Crippen molar-refractivity contribution in [2.75, 3.05) is 25.0 Å². The van der Waals surface area contributed by atoms with E-state index in [0.717, 1.165) is 85.4 Å². The van der Waals surface area contributed by atoms with Gasteiger partial charge in [0.1, 0.15) is 0 Å². The normalized spacial score (nSPS) is 28.8. The molecule has 12 rings (SSSR count). The lowest BCUT2D eigenvalue weighted by atomic mass is 9.71. The van der Waals surface area contributed by atoms with E-state index in [0.29, 0.717) is 36.1 Å². The number of fused-ring (bicyclic) bond motifs is 6. The molecule has 1 saturated heterocycles. The molecule has 0 radical (unpaired) electrons. The Bertz CT molecular complexity index is 2110. The molecule has 5 aliphatic heterocycles. The molecule has 76 heavy (non-hydrogen) atoms. The van der Waals surface area contributed by atoms with Crippen LogP contribution in [0.25, 0.3) is 0 Å². The highest BCUT2D eigenvalue weighted by atomic mass is 15.2. The second-order valence-electron chi connectivity index (χ2n) is 26.5. The first-order valence-corrected chi connectivity index (χ1v) is 31.4. The van der Waals surface area contributed by atoms with E-state index in [2.05, 4.69) is 166 Å². The Balaban J connectivity index is 0.000000133. The van der Waals surface area contributed by atoms with Crippen LogP contribution in [0.5, 0.6) is 0 Å². The van der Waals surface area contributed by atoms with Crippen molar-refractivity contribution in [1.29, 1.82) is 0 Å². The van der Waals surface area contributed by atoms with Gasteiger partial charge in [-0.3, -0.25) is 24.9 Å². The van der Waals surface area contributed by atoms with E-state index in [1.54, 1.807) is 0 Å². The Morgan fingerprint density at radius 2 is 1.12 bits per heavy atom. The number of nitrogens with one attached hydrogen (secondary N) is 4. The number of aryl methyl sites for hydroxylation is 2. The molecule has 0 bridgehead atoms. The lowest BCUT2D eigenvalue weighted by Crippen LogP contribution is -2.45. The smallest absolute Gasteiger partial charge is 0.0831 e. The highest BCUT2D eigenvalue weighted by molar-refractivity contribution is 5.59. The second-order valence-corrected chi connectivity index (χ2v) is 26.5. The van der Waals surface area contributed by atoms with Gasteiger partial charge in [0.25, 0.3) is 0 Å². The minimum Gasteiger partial charge on any atom is -0.385 e. The fourth-order valence-corrected chi connectivity index (χ4v) is 13.8. The van der Waals surface area contributed by atoms with Crippen LogP contribution >= 0.6 is 0 Å². The first-order chi connectivity index (χ1) is 36.6. The van der Waals surface area contributed by atoms with Gasteiger partial charge < -0.3 is 21.3 Å². The summed E-state index contributed by atoms with van der Waals surface area (Å²) in [6.07, 6.45) is 30.2. The van der Waals surface area contributed by atoms with Crippen molar-refractivity contribution >= 4 is 18.4 Å². The largest absolute Gasteiger partial charge is 0.385 e. The van der Waals surface area contributed by atoms with Crippen molar-refractivity contribution in [3.63, 3.8) is 0 Å². The molecule has 4 N–H and O–H groups in total. The van der Waals surface area contributed by atoms with Crippen molar-refractivity contribution in [3.8, 4) is 0 Å². The maximum Gasteiger partial charge on any atom is 0.0831 e. The third-order valence-electron chi connectivity index (χ3n) is 19.4. The second kappa shape index (κ2) is 30.0. The van der Waals surface area contributed by atoms with Gasteiger partial charge in [-0.2, -0.15) is 0 Å². The molecule has 9 nitrogen and oxygen atoms in total. The molecule has 10 unspecified atom stereocenters. The van der Waals surface area contributed by atoms with Gasteiger partial charge in [0, 0.05) is 79.7 Å². The zero-order valence-corrected chi connectivity index (χ0v) is 50.2. The third kappa shape index (κ3) is 17.6. The number of hydrogen-bond acceptors (Lipinski definition) is 9. The summed E-state index contributed by atoms with van der Waals surface area (Å²) in [5.41, 5.74) is 9.81. The average molecular weight is 1040 g/mol. The zero-order chi connectivity index (χ0) is 54.1. The number of hydrogen-bond donors (Lipinski definition) is 4. The van der Waals surface area contributed by atoms with E-state index in [4.69, 9.17) is 0 Å². The molecule has 9 heteroatoms. The van der Waals surface area contributed by atoms with Crippen LogP contribution in [0.2, 0.25) is 0 Å². The molecule has 10 atom stereocenters. The Hall–Kier alpha value is -3.82. The number of anilines is 1. The topological polar surface area (TPSA) is 102 Å². The molecule has 7 heterocycles. The van der Waals surface area contributed by atoms with Gasteiger partial charge in [0.2, 0.25) is 0 Å². The van der Waals surface area contributed by atoms with Gasteiger partial charge in [0.15, 0.2) is 0 Å². The predicted molar refractivity (Wildman–Crippen MR) is 325 cm³/mol. The fraction of sp³-hybridized carbons (Fsp3) is 0.731. The zero-order valence-electron chi connectivity index (χ0n) is 50.2. The monoisotopic (exact) mass is 1040 g/mol. The SMILES string of the molecule is CC(C)C1CCC2N=CNC2C1.CC(C)C1CCC2N=CNC2C1.CC(C)C1CCC2NCCCC2C1.CC(C)C1CCc2ncccc2C1.CC(C)N1CCc2ncccc2C1.CC(C)c1ccc2c(c1)CCCN2. The van der Waals surface area contributed by atoms with E-state index >= 15 is 0 Å². The standard InChI is InChI=1S/C12H23N.2C12H17N.C11H16N2.2C10H18N2/c3*1-9(2)10-5-6-12-11(8-10)4-3-7-13-12;1-9(2)13-7-5-11-10(8-13)4-3-6-12-11;2*1-7(2)8-3-4-9-10(5-8)12-6-11-9/h9-13H,3-8H2,1-2H3;5-6,8-9,13H,3-4,7H2,1-2H3;3-4,7,9-10H,5-6,8H2,1-2H3;3-4,6,9H,5,7-8H2,1-2H3;2*6-10H,3-5H2,1-2H3,(H,11,12). The van der Waals surface area contributed by atoms with Gasteiger partial charge >= 0.3 is 0 Å². The summed E-state index contributed by atoms with van der Waals surface area (Å²) < 4.78 is 0. The molecule has 4 fully saturated rings. The van der Waals surface area contributed by atoms with Gasteiger partial charge in [0.05, 0.1) is 24.8 Å². The summed E-state index contributed by atoms with van der Waals surface area (Å²) >= 11 is 0. The molecule has 0 amide bonds. The van der Waals surface area contributed by atoms with Crippen LogP contribution in [0, 0.1) is 53.3 Å². The highest BCUT2D eigenvalue weighted by Crippen LogP contribution is 2.38. The van der Waals surface area contributed by atoms with Crippen molar-refractivity contribution in [2.24, 2.45) is 63.2 Å². The maximum atomic E-state index is 4.42. The minimum atomic E-state index is 0.597. The molecule has 1 aromatic carbocycles. The van der Waals surface area contributed by atoms with Crippen LogP contribution in [0.15, 0.2) is 64.8 Å². The lowest BCUT2D eigenvalue weighted by Gasteiger charge is -2.41. The van der Waals surface area contributed by atoms with Crippen molar-refractivity contribution < 1.29 is 0 Å². The first kappa shape index (κ1) is 59.8. The maximum absolute atomic E-state index is 4.42. The molecule has 3 saturated carbocycles. The number of pyridine rings is 2. The molecule has 3 aromatic rings. The number of aliphatic imine (C=N–C) groups is 2. The van der Waals surface area contributed by atoms with E-state index < -0.39 is 0 Å². The van der Waals surface area contributed by atoms with E-state index in [1.807, 2.05) is 31.1 Å². The summed E-state index contributed by atoms with van der Waals surface area (Å²) in [7, 11) is 0. The highest BCUT2D eigenvalue weighted by Gasteiger charge is 2.35. The first-order valence-electron chi connectivity index (χ1n) is 31.4. The number of benzene rings is 1. The van der Waals surface area contributed by atoms with Crippen LogP contribution in [0.1, 0.15) is 206 Å². The molecule has 0 spiro atoms. The van der Waals surface area contributed by atoms with Crippen LogP contribution in [0.4, 0.5) is 5.69 Å². The molecule has 422 valence electrons. The van der Waals surface area contributed by atoms with Crippen LogP contribution < -0.4 is 21.3 Å². The summed E-state index contributed by atoms with van der Waals surface area (Å²) in [5, 5.41) is 13.8. The number of aromatic nitrogens is 2. The molecule has 2 aromatic heterocycles. The van der Waals surface area contributed by atoms with E-state index in [9.17, 15) is 0 Å². The van der Waals surface area contributed by atoms with E-state index in [1.165, 1.54) is 149 Å². The predicted octanol–water partition coefficient (Wildman–Crippen LogP) is 14.3. The summed E-state index contributed by atoms with van der Waals surface area (Å²) in [6, 6.07) is 19.4. The van der Waals surface area contributed by atoms with Gasteiger partial charge in [-0.1, -0.05) is 93.5 Å². The number of rotatable bonds is 6. The van der Waals surface area contributed by atoms with Crippen LogP contribution in [0.3, 0.4) is 0 Å². The molecular weight excluding hydrogens is 931 g/mol. The average Bonchev–Trinajstić information content (AvgIpc) is 4.13. The summed E-state index contributed by atoms with van der Waals surface area (Å²) in [5.74, 6) is 8.78. The molecule has 9 aliphatic rings. The molecule has 4 aliphatic carbocycles. The van der Waals surface area contributed by atoms with Crippen molar-refractivity contribution in [1.82, 2.24) is 30.8 Å². The Morgan fingerprint density at radius 1 is 0.526 bits per heavy atom. The Labute approximate surface area is 464 Å². The van der Waals surface area contributed by atoms with Gasteiger partial charge in [-0.15, -0.1) is 0 Å². The van der Waals surface area contributed by atoms with Gasteiger partial charge in [-0.05, 0) is 223 Å². The van der Waals surface area contributed by atoms with E-state index in [-0.39, 0.29) is 0 Å². The van der Waals surface area contributed by atoms with Crippen molar-refractivity contribution in [3.05, 3.63) is 88.5 Å². The number of piperidine rings is 1. The minimum absolute atomic E-state index is 0.597. The van der Waals surface area contributed by atoms with Crippen LogP contribution in [-0.2, 0) is 32.2 Å². The van der Waals surface area contributed by atoms with Crippen LogP contribution in [-0.4, -0.2) is 83.4 Å². The summed E-state index contributed by atoms with van der Waals surface area (Å²) in [4.78, 5) is 20.1. The number of nitrogens with zero attached hydrogens (tertiary/aromatic N) is 5. The Kier molecular flexibility index (Phi) is 23.6. The Morgan fingerprint density at radius 3 is 1.72 bits per heavy atom. The quantitative estimate of drug-likeness (QED) is 0.195. The lowest BCUT2D eigenvalue weighted by molar-refractivity contribution is 0.139. The van der Waals surface area contributed by atoms with Crippen molar-refractivity contribution in [2.45, 2.75) is 241 Å². The fourth-order valence-electron chi connectivity index (χ4n) is 13.8. The molecular formula is C67H109N9. The third-order valence-corrected chi connectivity index (χ3v) is 19.4. The van der Waals surface area contributed by atoms with Gasteiger partial charge in [-0.25, -0.2) is 0 Å². The summed E-state index contributed by atoms with van der Waals surface area (Å²) in [6.45, 7) is 32.4.